The van der Waals surface area contributed by atoms with Crippen LogP contribution >= 0.6 is 0 Å². The number of benzene rings is 1. The molecular weight excluding hydrogens is 197 g/mol. The molecule has 0 radical (unpaired) electrons. The molecule has 2 N–H and O–H groups in total. The normalized spacial score (nSPS) is 11.2. The van der Waals surface area contributed by atoms with Crippen molar-refractivity contribution in [2.24, 2.45) is 0 Å². The molecule has 72 valence electrons. The molecule has 13 heavy (non-hydrogen) atoms. The van der Waals surface area contributed by atoms with Gasteiger partial charge in [-0.3, -0.25) is 0 Å². The maximum Gasteiger partial charge on any atom is 0.335 e. The van der Waals surface area contributed by atoms with Crippen molar-refractivity contribution in [2.45, 2.75) is 4.90 Å². The van der Waals surface area contributed by atoms with E-state index in [1.54, 1.807) is 0 Å². The molecule has 0 saturated carbocycles. The van der Waals surface area contributed by atoms with Gasteiger partial charge in [0, 0.05) is 11.8 Å². The zero-order valence-electron chi connectivity index (χ0n) is 6.82. The fraction of sp³-hybridized carbons (Fsp3) is 0.143. The minimum Gasteiger partial charge on any atom is -0.495 e. The summed E-state index contributed by atoms with van der Waals surface area (Å²) in [7, 11) is -3.50. The third kappa shape index (κ3) is 2.09. The van der Waals surface area contributed by atoms with Crippen LogP contribution in [0.2, 0.25) is 0 Å². The average Bonchev–Trinajstić information content (AvgIpc) is 2.01. The van der Waals surface area contributed by atoms with Crippen LogP contribution in [0.4, 0.5) is 9.57 Å². The first kappa shape index (κ1) is 9.79. The zero-order chi connectivity index (χ0) is 10.1. The van der Waals surface area contributed by atoms with Gasteiger partial charge in [-0.25, -0.2) is 0 Å². The maximum absolute atomic E-state index is 12.6. The van der Waals surface area contributed by atoms with Gasteiger partial charge in [0.25, 0.3) is 0 Å². The first-order chi connectivity index (χ1) is 5.95. The fourth-order valence-corrected chi connectivity index (χ4v) is 1.50. The molecule has 4 nitrogen and oxygen atoms in total. The number of halogens is 1. The van der Waals surface area contributed by atoms with Crippen LogP contribution in [0.25, 0.3) is 0 Å². The molecule has 1 rings (SSSR count). The van der Waals surface area contributed by atoms with Gasteiger partial charge in [-0.2, -0.15) is 8.42 Å². The lowest BCUT2D eigenvalue weighted by Gasteiger charge is -2.04. The molecule has 1 aromatic rings. The van der Waals surface area contributed by atoms with Gasteiger partial charge in [-0.15, -0.1) is 3.89 Å². The Bertz CT molecular complexity index is 416. The van der Waals surface area contributed by atoms with Crippen LogP contribution in [-0.2, 0) is 10.2 Å². The van der Waals surface area contributed by atoms with Gasteiger partial charge >= 0.3 is 10.2 Å². The van der Waals surface area contributed by atoms with E-state index < -0.39 is 15.1 Å². The van der Waals surface area contributed by atoms with Crippen molar-refractivity contribution >= 4 is 15.9 Å². The number of nitrogen functional groups attached to an aromatic ring is 1. The predicted molar refractivity (Wildman–Crippen MR) is 45.7 cm³/mol. The molecular formula is C7H8FNO3S. The highest BCUT2D eigenvalue weighted by atomic mass is 32.3. The second-order valence-corrected chi connectivity index (χ2v) is 3.66. The molecule has 0 aromatic heterocycles. The highest BCUT2D eigenvalue weighted by molar-refractivity contribution is 7.86. The Morgan fingerprint density at radius 1 is 1.46 bits per heavy atom. The highest BCUT2D eigenvalue weighted by Crippen LogP contribution is 2.27. The van der Waals surface area contributed by atoms with Gasteiger partial charge in [-0.05, 0) is 12.1 Å². The second-order valence-electron chi connectivity index (χ2n) is 2.35. The molecule has 0 spiro atoms. The van der Waals surface area contributed by atoms with Gasteiger partial charge in [0.2, 0.25) is 0 Å². The second kappa shape index (κ2) is 3.21. The van der Waals surface area contributed by atoms with Crippen LogP contribution in [0.5, 0.6) is 5.75 Å². The lowest BCUT2D eigenvalue weighted by molar-refractivity contribution is 0.401. The Morgan fingerprint density at radius 2 is 2.08 bits per heavy atom. The highest BCUT2D eigenvalue weighted by Gasteiger charge is 2.17. The Morgan fingerprint density at radius 3 is 2.54 bits per heavy atom. The molecule has 0 aliphatic heterocycles. The number of rotatable bonds is 2. The number of hydrogen-bond acceptors (Lipinski definition) is 4. The number of anilines is 1. The van der Waals surface area contributed by atoms with Gasteiger partial charge in [0.05, 0.1) is 7.11 Å². The lowest BCUT2D eigenvalue weighted by atomic mass is 10.3. The van der Waals surface area contributed by atoms with E-state index in [9.17, 15) is 12.3 Å². The summed E-state index contributed by atoms with van der Waals surface area (Å²) in [6.07, 6.45) is 0. The summed E-state index contributed by atoms with van der Waals surface area (Å²) in [4.78, 5) is -0.510. The molecule has 1 aromatic carbocycles. The van der Waals surface area contributed by atoms with Gasteiger partial charge in [-0.1, -0.05) is 0 Å². The van der Waals surface area contributed by atoms with Gasteiger partial charge in [0.1, 0.15) is 10.6 Å². The summed E-state index contributed by atoms with van der Waals surface area (Å²) >= 11 is 0. The van der Waals surface area contributed by atoms with Crippen molar-refractivity contribution in [2.75, 3.05) is 12.8 Å². The van der Waals surface area contributed by atoms with Crippen molar-refractivity contribution in [1.82, 2.24) is 0 Å². The van der Waals surface area contributed by atoms with Crippen LogP contribution in [0.3, 0.4) is 0 Å². The SMILES string of the molecule is COc1cc(N)ccc1S(=O)(=O)F. The van der Waals surface area contributed by atoms with Crippen LogP contribution < -0.4 is 10.5 Å². The number of hydrogen-bond donors (Lipinski definition) is 1. The molecule has 0 atom stereocenters. The molecule has 0 amide bonds. The van der Waals surface area contributed by atoms with Crippen molar-refractivity contribution in [3.05, 3.63) is 18.2 Å². The summed E-state index contributed by atoms with van der Waals surface area (Å²) < 4.78 is 38.3. The topological polar surface area (TPSA) is 69.4 Å². The van der Waals surface area contributed by atoms with E-state index in [0.29, 0.717) is 5.69 Å². The lowest BCUT2D eigenvalue weighted by Crippen LogP contribution is -1.98. The number of ether oxygens (including phenoxy) is 1. The first-order valence-corrected chi connectivity index (χ1v) is 4.71. The maximum atomic E-state index is 12.6. The molecule has 0 fully saturated rings. The molecule has 0 bridgehead atoms. The van der Waals surface area contributed by atoms with Crippen molar-refractivity contribution in [3.8, 4) is 5.75 Å². The van der Waals surface area contributed by atoms with E-state index in [-0.39, 0.29) is 5.75 Å². The zero-order valence-corrected chi connectivity index (χ0v) is 7.64. The molecule has 0 saturated heterocycles. The van der Waals surface area contributed by atoms with E-state index in [1.165, 1.54) is 19.2 Å². The quantitative estimate of drug-likeness (QED) is 0.576. The van der Waals surface area contributed by atoms with Crippen molar-refractivity contribution < 1.29 is 17.0 Å². The van der Waals surface area contributed by atoms with Gasteiger partial charge < -0.3 is 10.5 Å². The summed E-state index contributed by atoms with van der Waals surface area (Å²) in [5.41, 5.74) is 5.66. The molecule has 6 heteroatoms. The van der Waals surface area contributed by atoms with Gasteiger partial charge in [0.15, 0.2) is 0 Å². The van der Waals surface area contributed by atoms with E-state index in [4.69, 9.17) is 5.73 Å². The van der Waals surface area contributed by atoms with Crippen molar-refractivity contribution in [3.63, 3.8) is 0 Å². The standard InChI is InChI=1S/C7H8FNO3S/c1-12-6-4-5(9)2-3-7(6)13(8,10)11/h2-4H,9H2,1H3. The van der Waals surface area contributed by atoms with E-state index in [2.05, 4.69) is 4.74 Å². The monoisotopic (exact) mass is 205 g/mol. The minimum absolute atomic E-state index is 0.0949. The Kier molecular flexibility index (Phi) is 2.42. The molecule has 0 unspecified atom stereocenters. The summed E-state index contributed by atoms with van der Waals surface area (Å²) in [6, 6.07) is 3.59. The van der Waals surface area contributed by atoms with E-state index >= 15 is 0 Å². The molecule has 0 heterocycles. The summed E-state index contributed by atoms with van der Waals surface area (Å²) in [6.45, 7) is 0. The van der Waals surface area contributed by atoms with E-state index in [0.717, 1.165) is 6.07 Å². The summed E-state index contributed by atoms with van der Waals surface area (Å²) in [5.74, 6) is -0.0949. The summed E-state index contributed by atoms with van der Waals surface area (Å²) in [5, 5.41) is 0. The van der Waals surface area contributed by atoms with Crippen LogP contribution in [0, 0.1) is 0 Å². The Labute approximate surface area is 75.3 Å². The minimum atomic E-state index is -4.74. The Balaban J connectivity index is 3.39. The third-order valence-electron chi connectivity index (χ3n) is 1.45. The van der Waals surface area contributed by atoms with Crippen LogP contribution in [0.15, 0.2) is 23.1 Å². The molecule has 0 aliphatic rings. The van der Waals surface area contributed by atoms with Crippen LogP contribution in [-0.4, -0.2) is 15.5 Å². The number of methoxy groups -OCH3 is 1. The smallest absolute Gasteiger partial charge is 0.335 e. The average molecular weight is 205 g/mol. The Hall–Kier alpha value is -1.30. The fourth-order valence-electron chi connectivity index (χ4n) is 0.886. The number of nitrogens with two attached hydrogens (primary N) is 1. The predicted octanol–water partition coefficient (Wildman–Crippen LogP) is 0.936. The van der Waals surface area contributed by atoms with Crippen molar-refractivity contribution in [1.29, 1.82) is 0 Å². The van der Waals surface area contributed by atoms with Crippen LogP contribution in [0.1, 0.15) is 0 Å². The first-order valence-electron chi connectivity index (χ1n) is 3.33. The van der Waals surface area contributed by atoms with E-state index in [1.807, 2.05) is 0 Å². The molecule has 0 aliphatic carbocycles. The third-order valence-corrected chi connectivity index (χ3v) is 2.31. The largest absolute Gasteiger partial charge is 0.495 e.